The van der Waals surface area contributed by atoms with E-state index in [2.05, 4.69) is 20.2 Å². The highest BCUT2D eigenvalue weighted by Gasteiger charge is 2.18. The number of nitrogens with zero attached hydrogens (tertiary/aromatic N) is 3. The van der Waals surface area contributed by atoms with Gasteiger partial charge >= 0.3 is 0 Å². The third-order valence-electron chi connectivity index (χ3n) is 3.13. The Labute approximate surface area is 112 Å². The highest BCUT2D eigenvalue weighted by Crippen LogP contribution is 2.18. The van der Waals surface area contributed by atoms with E-state index in [9.17, 15) is 5.11 Å². The summed E-state index contributed by atoms with van der Waals surface area (Å²) in [6.45, 7) is 2.75. The molecule has 2 rings (SSSR count). The second-order valence-corrected chi connectivity index (χ2v) is 5.21. The molecule has 0 aliphatic carbocycles. The van der Waals surface area contributed by atoms with Gasteiger partial charge in [-0.3, -0.25) is 0 Å². The zero-order chi connectivity index (χ0) is 12.8. The number of aromatic nitrogens is 2. The normalized spacial score (nSPS) is 19.1. The maximum atomic E-state index is 9.19. The van der Waals surface area contributed by atoms with Crippen LogP contribution in [0.15, 0.2) is 17.4 Å². The first-order valence-corrected chi connectivity index (χ1v) is 7.51. The molecule has 0 spiro atoms. The van der Waals surface area contributed by atoms with Gasteiger partial charge in [0.25, 0.3) is 0 Å². The van der Waals surface area contributed by atoms with Gasteiger partial charge < -0.3 is 15.3 Å². The lowest BCUT2D eigenvalue weighted by Gasteiger charge is -2.26. The number of rotatable bonds is 6. The van der Waals surface area contributed by atoms with E-state index in [4.69, 9.17) is 0 Å². The van der Waals surface area contributed by atoms with Crippen LogP contribution in [0.2, 0.25) is 0 Å². The van der Waals surface area contributed by atoms with Crippen LogP contribution in [-0.4, -0.2) is 53.6 Å². The minimum atomic E-state index is 0.144. The predicted octanol–water partition coefficient (Wildman–Crippen LogP) is 0.749. The van der Waals surface area contributed by atoms with Crippen molar-refractivity contribution in [3.63, 3.8) is 0 Å². The minimum Gasteiger partial charge on any atom is -0.395 e. The highest BCUT2D eigenvalue weighted by molar-refractivity contribution is 7.98. The molecule has 0 radical (unpaired) electrons. The fourth-order valence-corrected chi connectivity index (χ4v) is 2.59. The van der Waals surface area contributed by atoms with E-state index in [1.54, 1.807) is 18.1 Å². The van der Waals surface area contributed by atoms with Gasteiger partial charge in [-0.15, -0.1) is 11.8 Å². The SMILES string of the molecule is CSc1cc(N(CCO)CC2CCCN2)ncn1. The summed E-state index contributed by atoms with van der Waals surface area (Å²) in [5, 5.41) is 13.6. The van der Waals surface area contributed by atoms with Crippen LogP contribution in [0, 0.1) is 0 Å². The van der Waals surface area contributed by atoms with Crippen molar-refractivity contribution in [3.8, 4) is 0 Å². The molecule has 6 heteroatoms. The Bertz CT molecular complexity index is 371. The van der Waals surface area contributed by atoms with Crippen LogP contribution in [0.3, 0.4) is 0 Å². The molecule has 18 heavy (non-hydrogen) atoms. The molecule has 0 aromatic carbocycles. The molecule has 1 aliphatic heterocycles. The van der Waals surface area contributed by atoms with Gasteiger partial charge in [-0.05, 0) is 25.6 Å². The Morgan fingerprint density at radius 1 is 1.56 bits per heavy atom. The lowest BCUT2D eigenvalue weighted by Crippen LogP contribution is -2.39. The minimum absolute atomic E-state index is 0.144. The Kier molecular flexibility index (Phi) is 5.22. The maximum Gasteiger partial charge on any atom is 0.133 e. The number of hydrogen-bond donors (Lipinski definition) is 2. The van der Waals surface area contributed by atoms with E-state index in [0.29, 0.717) is 12.6 Å². The van der Waals surface area contributed by atoms with Gasteiger partial charge in [0, 0.05) is 25.2 Å². The van der Waals surface area contributed by atoms with Gasteiger partial charge in [0.2, 0.25) is 0 Å². The van der Waals surface area contributed by atoms with Crippen molar-refractivity contribution in [1.82, 2.24) is 15.3 Å². The van der Waals surface area contributed by atoms with Crippen LogP contribution in [-0.2, 0) is 0 Å². The van der Waals surface area contributed by atoms with Crippen LogP contribution in [0.25, 0.3) is 0 Å². The van der Waals surface area contributed by atoms with Gasteiger partial charge in [-0.2, -0.15) is 0 Å². The summed E-state index contributed by atoms with van der Waals surface area (Å²) in [6.07, 6.45) is 6.02. The number of nitrogens with one attached hydrogen (secondary N) is 1. The lowest BCUT2D eigenvalue weighted by atomic mass is 10.2. The third kappa shape index (κ3) is 3.57. The summed E-state index contributed by atoms with van der Waals surface area (Å²) in [5.41, 5.74) is 0. The Balaban J connectivity index is 2.06. The van der Waals surface area contributed by atoms with Gasteiger partial charge in [0.15, 0.2) is 0 Å². The van der Waals surface area contributed by atoms with Crippen LogP contribution in [0.1, 0.15) is 12.8 Å². The molecule has 1 fully saturated rings. The molecule has 0 amide bonds. The van der Waals surface area contributed by atoms with Gasteiger partial charge in [0.1, 0.15) is 17.2 Å². The molecule has 1 saturated heterocycles. The largest absolute Gasteiger partial charge is 0.395 e. The van der Waals surface area contributed by atoms with E-state index < -0.39 is 0 Å². The fourth-order valence-electron chi connectivity index (χ4n) is 2.21. The monoisotopic (exact) mass is 268 g/mol. The Hall–Kier alpha value is -0.850. The molecule has 1 aliphatic rings. The smallest absolute Gasteiger partial charge is 0.133 e. The molecule has 0 bridgehead atoms. The maximum absolute atomic E-state index is 9.19. The molecule has 0 saturated carbocycles. The zero-order valence-corrected chi connectivity index (χ0v) is 11.5. The van der Waals surface area contributed by atoms with Crippen LogP contribution in [0.4, 0.5) is 5.82 Å². The average Bonchev–Trinajstić information content (AvgIpc) is 2.91. The second kappa shape index (κ2) is 6.92. The van der Waals surface area contributed by atoms with Crippen molar-refractivity contribution in [1.29, 1.82) is 0 Å². The number of aliphatic hydroxyl groups is 1. The molecule has 1 aromatic heterocycles. The van der Waals surface area contributed by atoms with Crippen molar-refractivity contribution >= 4 is 17.6 Å². The Morgan fingerprint density at radius 3 is 3.11 bits per heavy atom. The molecule has 5 nitrogen and oxygen atoms in total. The molecular weight excluding hydrogens is 248 g/mol. The van der Waals surface area contributed by atoms with Crippen LogP contribution in [0.5, 0.6) is 0 Å². The lowest BCUT2D eigenvalue weighted by molar-refractivity contribution is 0.300. The summed E-state index contributed by atoms with van der Waals surface area (Å²) < 4.78 is 0. The summed E-state index contributed by atoms with van der Waals surface area (Å²) >= 11 is 1.61. The summed E-state index contributed by atoms with van der Waals surface area (Å²) in [4.78, 5) is 10.6. The average molecular weight is 268 g/mol. The van der Waals surface area contributed by atoms with Crippen LogP contribution >= 0.6 is 11.8 Å². The molecule has 1 aromatic rings. The number of aliphatic hydroxyl groups excluding tert-OH is 1. The third-order valence-corrected chi connectivity index (χ3v) is 3.78. The fraction of sp³-hybridized carbons (Fsp3) is 0.667. The predicted molar refractivity (Wildman–Crippen MR) is 74.1 cm³/mol. The molecule has 2 N–H and O–H groups in total. The van der Waals surface area contributed by atoms with Gasteiger partial charge in [0.05, 0.1) is 6.61 Å². The summed E-state index contributed by atoms with van der Waals surface area (Å²) in [6, 6.07) is 2.49. The number of thioether (sulfide) groups is 1. The van der Waals surface area contributed by atoms with Gasteiger partial charge in [-0.1, -0.05) is 0 Å². The first-order valence-electron chi connectivity index (χ1n) is 6.28. The van der Waals surface area contributed by atoms with Crippen molar-refractivity contribution in [2.75, 3.05) is 37.4 Å². The van der Waals surface area contributed by atoms with E-state index in [1.165, 1.54) is 12.8 Å². The van der Waals surface area contributed by atoms with Crippen molar-refractivity contribution < 1.29 is 5.11 Å². The summed E-state index contributed by atoms with van der Waals surface area (Å²) in [7, 11) is 0. The highest BCUT2D eigenvalue weighted by atomic mass is 32.2. The summed E-state index contributed by atoms with van der Waals surface area (Å²) in [5.74, 6) is 0.900. The van der Waals surface area contributed by atoms with Gasteiger partial charge in [-0.25, -0.2) is 9.97 Å². The van der Waals surface area contributed by atoms with Crippen molar-refractivity contribution in [3.05, 3.63) is 12.4 Å². The first kappa shape index (κ1) is 13.6. The van der Waals surface area contributed by atoms with E-state index in [-0.39, 0.29) is 6.61 Å². The van der Waals surface area contributed by atoms with E-state index in [0.717, 1.165) is 23.9 Å². The quantitative estimate of drug-likeness (QED) is 0.586. The molecule has 2 heterocycles. The van der Waals surface area contributed by atoms with E-state index in [1.807, 2.05) is 12.3 Å². The second-order valence-electron chi connectivity index (χ2n) is 4.38. The zero-order valence-electron chi connectivity index (χ0n) is 10.7. The topological polar surface area (TPSA) is 61.3 Å². The van der Waals surface area contributed by atoms with E-state index >= 15 is 0 Å². The standard InChI is InChI=1S/C12H20N4OS/c1-18-12-7-11(14-9-15-12)16(5-6-17)8-10-3-2-4-13-10/h7,9-10,13,17H,2-6,8H2,1H3. The molecule has 100 valence electrons. The first-order chi connectivity index (χ1) is 8.83. The van der Waals surface area contributed by atoms with Crippen LogP contribution < -0.4 is 10.2 Å². The molecule has 1 atom stereocenters. The van der Waals surface area contributed by atoms with Crippen molar-refractivity contribution in [2.24, 2.45) is 0 Å². The van der Waals surface area contributed by atoms with Crippen molar-refractivity contribution in [2.45, 2.75) is 23.9 Å². The molecule has 1 unspecified atom stereocenters. The Morgan fingerprint density at radius 2 is 2.44 bits per heavy atom. The number of hydrogen-bond acceptors (Lipinski definition) is 6. The number of anilines is 1. The molecular formula is C12H20N4OS.